The van der Waals surface area contributed by atoms with Gasteiger partial charge in [0.1, 0.15) is 16.4 Å². The van der Waals surface area contributed by atoms with Crippen LogP contribution in [0.25, 0.3) is 10.1 Å². The first kappa shape index (κ1) is 20.9. The van der Waals surface area contributed by atoms with E-state index < -0.39 is 11.8 Å². The molecule has 0 saturated heterocycles. The number of carbonyl (C=O) groups excluding carboxylic acids is 2. The molecule has 0 spiro atoms. The van der Waals surface area contributed by atoms with Gasteiger partial charge in [0.25, 0.3) is 11.8 Å². The molecule has 0 aliphatic heterocycles. The molecule has 3 aromatic rings. The average Bonchev–Trinajstić information content (AvgIpc) is 3.01. The first-order valence-corrected chi connectivity index (χ1v) is 10.6. The topological polar surface area (TPSA) is 76.7 Å². The lowest BCUT2D eigenvalue weighted by molar-refractivity contribution is -0.123. The van der Waals surface area contributed by atoms with E-state index >= 15 is 0 Å². The van der Waals surface area contributed by atoms with Crippen molar-refractivity contribution in [3.8, 4) is 11.5 Å². The summed E-state index contributed by atoms with van der Waals surface area (Å²) in [4.78, 5) is 24.6. The number of rotatable bonds is 5. The van der Waals surface area contributed by atoms with Crippen molar-refractivity contribution >= 4 is 76.7 Å². The zero-order valence-electron chi connectivity index (χ0n) is 14.3. The van der Waals surface area contributed by atoms with E-state index in [2.05, 4.69) is 42.7 Å². The predicted molar refractivity (Wildman–Crippen MR) is 116 cm³/mol. The second-order valence-electron chi connectivity index (χ2n) is 5.47. The summed E-state index contributed by atoms with van der Waals surface area (Å²) in [6.07, 6.45) is 0. The Morgan fingerprint density at radius 1 is 1.14 bits per heavy atom. The zero-order valence-corrected chi connectivity index (χ0v) is 19.1. The van der Waals surface area contributed by atoms with Crippen molar-refractivity contribution in [2.75, 3.05) is 13.7 Å². The van der Waals surface area contributed by atoms with Crippen molar-refractivity contribution in [2.45, 2.75) is 0 Å². The lowest BCUT2D eigenvalue weighted by Crippen LogP contribution is -2.43. The second kappa shape index (κ2) is 9.13. The van der Waals surface area contributed by atoms with Gasteiger partial charge in [-0.15, -0.1) is 11.3 Å². The molecule has 0 atom stereocenters. The van der Waals surface area contributed by atoms with Crippen LogP contribution in [0.2, 0.25) is 5.02 Å². The van der Waals surface area contributed by atoms with Crippen LogP contribution in [0.4, 0.5) is 0 Å². The van der Waals surface area contributed by atoms with Gasteiger partial charge in [0.15, 0.2) is 6.61 Å². The van der Waals surface area contributed by atoms with Crippen molar-refractivity contribution in [1.29, 1.82) is 0 Å². The lowest BCUT2D eigenvalue weighted by Gasteiger charge is -2.09. The maximum absolute atomic E-state index is 12.4. The number of methoxy groups -OCH3 is 1. The van der Waals surface area contributed by atoms with Crippen LogP contribution < -0.4 is 20.3 Å². The molecule has 0 radical (unpaired) electrons. The standard InChI is InChI=1S/C18H13Br2ClN2O4S/c1-26-10-3-4-11-14(7-10)28-17(16(11)21)18(25)23-22-15(24)8-27-13-5-2-9(19)6-12(13)20/h2-7H,8H2,1H3,(H,22,24)(H,23,25). The van der Waals surface area contributed by atoms with E-state index in [1.54, 1.807) is 43.5 Å². The van der Waals surface area contributed by atoms with Gasteiger partial charge in [-0.3, -0.25) is 20.4 Å². The van der Waals surface area contributed by atoms with Crippen molar-refractivity contribution in [3.63, 3.8) is 0 Å². The minimum absolute atomic E-state index is 0.266. The highest BCUT2D eigenvalue weighted by molar-refractivity contribution is 9.11. The van der Waals surface area contributed by atoms with Crippen molar-refractivity contribution < 1.29 is 19.1 Å². The molecule has 6 nitrogen and oxygen atoms in total. The molecule has 3 rings (SSSR count). The molecule has 0 fully saturated rings. The van der Waals surface area contributed by atoms with Crippen LogP contribution >= 0.6 is 54.8 Å². The Bertz CT molecular complexity index is 1060. The number of ether oxygens (including phenoxy) is 2. The molecule has 0 saturated carbocycles. The van der Waals surface area contributed by atoms with Crippen molar-refractivity contribution in [2.24, 2.45) is 0 Å². The number of nitrogens with one attached hydrogen (secondary N) is 2. The third kappa shape index (κ3) is 4.78. The Hall–Kier alpha value is -1.81. The molecule has 0 bridgehead atoms. The third-order valence-electron chi connectivity index (χ3n) is 3.61. The zero-order chi connectivity index (χ0) is 20.3. The predicted octanol–water partition coefficient (Wildman–Crippen LogP) is 4.93. The van der Waals surface area contributed by atoms with Gasteiger partial charge in [-0.2, -0.15) is 0 Å². The largest absolute Gasteiger partial charge is 0.497 e. The Labute approximate surface area is 186 Å². The number of carbonyl (C=O) groups is 2. The first-order chi connectivity index (χ1) is 13.4. The Morgan fingerprint density at radius 2 is 1.93 bits per heavy atom. The number of thiophene rings is 1. The summed E-state index contributed by atoms with van der Waals surface area (Å²) in [5, 5.41) is 1.07. The summed E-state index contributed by atoms with van der Waals surface area (Å²) in [6, 6.07) is 10.6. The van der Waals surface area contributed by atoms with E-state index in [9.17, 15) is 9.59 Å². The van der Waals surface area contributed by atoms with Gasteiger partial charge in [-0.1, -0.05) is 27.5 Å². The molecule has 2 amide bonds. The fourth-order valence-electron chi connectivity index (χ4n) is 2.27. The highest BCUT2D eigenvalue weighted by atomic mass is 79.9. The maximum atomic E-state index is 12.4. The fraction of sp³-hybridized carbons (Fsp3) is 0.111. The molecule has 2 aromatic carbocycles. The molecule has 10 heteroatoms. The molecular weight excluding hydrogens is 536 g/mol. The summed E-state index contributed by atoms with van der Waals surface area (Å²) in [6.45, 7) is -0.266. The molecule has 146 valence electrons. The summed E-state index contributed by atoms with van der Waals surface area (Å²) >= 11 is 14.2. The van der Waals surface area contributed by atoms with E-state index in [0.717, 1.165) is 14.6 Å². The number of amides is 2. The average molecular weight is 549 g/mol. The Kier molecular flexibility index (Phi) is 6.82. The highest BCUT2D eigenvalue weighted by Gasteiger charge is 2.18. The number of hydrogen-bond donors (Lipinski definition) is 2. The molecular formula is C18H13Br2ClN2O4S. The highest BCUT2D eigenvalue weighted by Crippen LogP contribution is 2.37. The smallest absolute Gasteiger partial charge is 0.281 e. The Balaban J connectivity index is 1.59. The maximum Gasteiger partial charge on any atom is 0.281 e. The van der Waals surface area contributed by atoms with Gasteiger partial charge in [-0.25, -0.2) is 0 Å². The second-order valence-corrected chi connectivity index (χ2v) is 8.67. The molecule has 0 unspecified atom stereocenters. The summed E-state index contributed by atoms with van der Waals surface area (Å²) in [5.41, 5.74) is 4.66. The molecule has 1 aromatic heterocycles. The SMILES string of the molecule is COc1ccc2c(Cl)c(C(=O)NNC(=O)COc3ccc(Br)cc3Br)sc2c1. The minimum atomic E-state index is -0.512. The van der Waals surface area contributed by atoms with E-state index in [1.807, 2.05) is 0 Å². The van der Waals surface area contributed by atoms with E-state index in [-0.39, 0.29) is 6.61 Å². The number of benzene rings is 2. The van der Waals surface area contributed by atoms with Gasteiger partial charge in [-0.05, 0) is 52.3 Å². The number of hydrogen-bond acceptors (Lipinski definition) is 5. The lowest BCUT2D eigenvalue weighted by atomic mass is 10.2. The van der Waals surface area contributed by atoms with Crippen molar-refractivity contribution in [1.82, 2.24) is 10.9 Å². The van der Waals surface area contributed by atoms with Crippen LogP contribution in [0, 0.1) is 0 Å². The molecule has 28 heavy (non-hydrogen) atoms. The van der Waals surface area contributed by atoms with Crippen LogP contribution in [0.3, 0.4) is 0 Å². The molecule has 2 N–H and O–H groups in total. The monoisotopic (exact) mass is 546 g/mol. The van der Waals surface area contributed by atoms with Gasteiger partial charge in [0.2, 0.25) is 0 Å². The van der Waals surface area contributed by atoms with Crippen LogP contribution in [0.5, 0.6) is 11.5 Å². The van der Waals surface area contributed by atoms with Crippen molar-refractivity contribution in [3.05, 3.63) is 55.2 Å². The Morgan fingerprint density at radius 3 is 2.64 bits per heavy atom. The van der Waals surface area contributed by atoms with Crippen LogP contribution in [-0.4, -0.2) is 25.5 Å². The molecule has 0 aliphatic carbocycles. The molecule has 0 aliphatic rings. The summed E-state index contributed by atoms with van der Waals surface area (Å²) in [5.74, 6) is 0.151. The third-order valence-corrected chi connectivity index (χ3v) is 6.38. The quantitative estimate of drug-likeness (QED) is 0.444. The van der Waals surface area contributed by atoms with E-state index in [4.69, 9.17) is 21.1 Å². The number of halogens is 3. The van der Waals surface area contributed by atoms with E-state index in [1.165, 1.54) is 11.3 Å². The first-order valence-electron chi connectivity index (χ1n) is 7.82. The number of fused-ring (bicyclic) bond motifs is 1. The van der Waals surface area contributed by atoms with Crippen LogP contribution in [0.1, 0.15) is 9.67 Å². The summed E-state index contributed by atoms with van der Waals surface area (Å²) in [7, 11) is 1.56. The minimum Gasteiger partial charge on any atom is -0.497 e. The fourth-order valence-corrected chi connectivity index (χ4v) is 4.88. The van der Waals surface area contributed by atoms with Gasteiger partial charge >= 0.3 is 0 Å². The molecule has 1 heterocycles. The van der Waals surface area contributed by atoms with Crippen LogP contribution in [0.15, 0.2) is 45.3 Å². The van der Waals surface area contributed by atoms with E-state index in [0.29, 0.717) is 25.9 Å². The summed E-state index contributed by atoms with van der Waals surface area (Å²) < 4.78 is 13.0. The normalized spacial score (nSPS) is 10.6. The van der Waals surface area contributed by atoms with Crippen LogP contribution in [-0.2, 0) is 4.79 Å². The van der Waals surface area contributed by atoms with Gasteiger partial charge in [0.05, 0.1) is 16.6 Å². The number of hydrazine groups is 1. The van der Waals surface area contributed by atoms with Gasteiger partial charge < -0.3 is 9.47 Å². The van der Waals surface area contributed by atoms with Gasteiger partial charge in [0, 0.05) is 14.6 Å².